The van der Waals surface area contributed by atoms with Crippen molar-refractivity contribution in [2.75, 3.05) is 6.54 Å². The number of Topliss-reactive ketones (excluding diaryl/α,β-unsaturated/α-hetero) is 1. The van der Waals surface area contributed by atoms with Crippen molar-refractivity contribution in [1.82, 2.24) is 44.8 Å². The van der Waals surface area contributed by atoms with E-state index in [1.54, 1.807) is 60.8 Å². The average Bonchev–Trinajstić information content (AvgIpc) is 3.95. The number of aryl methyl sites for hydroxylation is 1. The fourth-order valence-corrected chi connectivity index (χ4v) is 12.3. The third-order valence-corrected chi connectivity index (χ3v) is 15.9. The molecule has 0 aliphatic rings. The molecular weight excluding hydrogens is 1210 g/mol. The number of esters is 1. The van der Waals surface area contributed by atoms with Gasteiger partial charge in [-0.2, -0.15) is 19.6 Å². The van der Waals surface area contributed by atoms with Crippen molar-refractivity contribution in [3.05, 3.63) is 249 Å². The first kappa shape index (κ1) is 60.1. The lowest BCUT2D eigenvalue weighted by atomic mass is 10.0. The molecule has 0 spiro atoms. The molecule has 0 fully saturated rings. The summed E-state index contributed by atoms with van der Waals surface area (Å²) < 4.78 is 17.0. The van der Waals surface area contributed by atoms with Gasteiger partial charge in [-0.25, -0.2) is 29.1 Å². The Balaban J connectivity index is 0.000000213. The van der Waals surface area contributed by atoms with E-state index in [1.165, 1.54) is 54.8 Å². The van der Waals surface area contributed by atoms with Crippen LogP contribution < -0.4 is 33.6 Å². The van der Waals surface area contributed by atoms with Gasteiger partial charge in [0.15, 0.2) is 18.1 Å². The Kier molecular flexibility index (Phi) is 20.5. The SMILES string of the molecule is CCCC(=O)CNCc1cccnc1SC(c1ccc(Cl)cc1)c1c(Cl)cc(-n2ncc(=O)[nH]c2=O)cc1Cl.Cc1oc(=O)oc1COC(=O)c1cccnc1SC(c1ccc(Cl)cc1)c1c(Cl)cc(-n2ncc(=O)[nH]c2=O)cc1Cl. The molecule has 19 nitrogen and oxygen atoms in total. The first-order valence-electron chi connectivity index (χ1n) is 23.9. The molecule has 9 rings (SSSR count). The minimum atomic E-state index is -0.900. The number of ketones is 1. The molecule has 9 aromatic rings. The van der Waals surface area contributed by atoms with E-state index in [0.717, 1.165) is 49.9 Å². The first-order valence-corrected chi connectivity index (χ1v) is 28.0. The quantitative estimate of drug-likeness (QED) is 0.0502. The normalized spacial score (nSPS) is 11.9. The first-order chi connectivity index (χ1) is 38.9. The van der Waals surface area contributed by atoms with Crippen molar-refractivity contribution in [1.29, 1.82) is 0 Å². The molecule has 0 saturated heterocycles. The predicted octanol–water partition coefficient (Wildman–Crippen LogP) is 11.0. The van der Waals surface area contributed by atoms with Crippen molar-refractivity contribution in [3.8, 4) is 11.4 Å². The number of nitrogens with one attached hydrogen (secondary N) is 3. The average molecular weight is 1250 g/mol. The zero-order valence-electron chi connectivity index (χ0n) is 42.1. The summed E-state index contributed by atoms with van der Waals surface area (Å²) in [7, 11) is 0. The van der Waals surface area contributed by atoms with Crippen molar-refractivity contribution >= 4 is 105 Å². The van der Waals surface area contributed by atoms with Crippen molar-refractivity contribution in [2.24, 2.45) is 0 Å². The van der Waals surface area contributed by atoms with Crippen LogP contribution in [0.25, 0.3) is 11.4 Å². The number of thioether (sulfide) groups is 2. The van der Waals surface area contributed by atoms with Gasteiger partial charge in [-0.3, -0.25) is 24.4 Å². The number of H-pyrrole nitrogens is 2. The van der Waals surface area contributed by atoms with Crippen LogP contribution in [0.5, 0.6) is 0 Å². The van der Waals surface area contributed by atoms with E-state index < -0.39 is 44.8 Å². The molecule has 0 radical (unpaired) electrons. The molecule has 0 bridgehead atoms. The summed E-state index contributed by atoms with van der Waals surface area (Å²) in [6.45, 7) is 3.90. The Labute approximate surface area is 496 Å². The lowest BCUT2D eigenvalue weighted by Crippen LogP contribution is -2.30. The molecule has 0 aliphatic heterocycles. The summed E-state index contributed by atoms with van der Waals surface area (Å²) in [5, 5.41) is 13.0. The monoisotopic (exact) mass is 1250 g/mol. The highest BCUT2D eigenvalue weighted by atomic mass is 35.5. The second kappa shape index (κ2) is 27.6. The van der Waals surface area contributed by atoms with Gasteiger partial charge in [-0.05, 0) is 96.8 Å². The second-order valence-corrected chi connectivity index (χ2v) is 21.9. The number of hydrogen-bond acceptors (Lipinski definition) is 17. The number of carbonyl (C=O) groups is 2. The van der Waals surface area contributed by atoms with Crippen molar-refractivity contribution in [3.63, 3.8) is 0 Å². The maximum absolute atomic E-state index is 13.1. The Morgan fingerprint density at radius 2 is 1.15 bits per heavy atom. The van der Waals surface area contributed by atoms with Gasteiger partial charge in [0.05, 0.1) is 34.0 Å². The van der Waals surface area contributed by atoms with Gasteiger partial charge in [0, 0.05) is 66.6 Å². The van der Waals surface area contributed by atoms with Crippen molar-refractivity contribution < 1.29 is 23.2 Å². The number of ether oxygens (including phenoxy) is 1. The summed E-state index contributed by atoms with van der Waals surface area (Å²) in [6, 6.07) is 27.3. The lowest BCUT2D eigenvalue weighted by molar-refractivity contribution is -0.118. The second-order valence-electron chi connectivity index (χ2n) is 17.2. The van der Waals surface area contributed by atoms with Crippen LogP contribution in [0, 0.1) is 6.92 Å². The van der Waals surface area contributed by atoms with Gasteiger partial charge < -0.3 is 18.9 Å². The van der Waals surface area contributed by atoms with Crippen molar-refractivity contribution in [2.45, 2.75) is 60.4 Å². The largest absolute Gasteiger partial charge is 0.519 e. The molecule has 2 atom stereocenters. The number of carbonyl (C=O) groups excluding carboxylic acids is 2. The minimum Gasteiger partial charge on any atom is -0.454 e. The number of aromatic amines is 2. The minimum absolute atomic E-state index is 0.0835. The maximum Gasteiger partial charge on any atom is 0.519 e. The molecule has 0 saturated carbocycles. The van der Waals surface area contributed by atoms with Crippen LogP contribution in [-0.4, -0.2) is 57.8 Å². The number of hydrogen-bond donors (Lipinski definition) is 3. The molecule has 27 heteroatoms. The van der Waals surface area contributed by atoms with E-state index in [1.807, 2.05) is 31.2 Å². The van der Waals surface area contributed by atoms with E-state index >= 15 is 0 Å². The van der Waals surface area contributed by atoms with E-state index in [0.29, 0.717) is 54.9 Å². The van der Waals surface area contributed by atoms with Crippen LogP contribution in [0.3, 0.4) is 0 Å². The van der Waals surface area contributed by atoms with Crippen LogP contribution in [0.4, 0.5) is 0 Å². The molecular formula is C54H41Cl6N9O10S2. The summed E-state index contributed by atoms with van der Waals surface area (Å²) >= 11 is 42.0. The zero-order valence-corrected chi connectivity index (χ0v) is 48.3. The summed E-state index contributed by atoms with van der Waals surface area (Å²) in [6.07, 6.45) is 6.51. The topological polar surface area (TPSA) is 260 Å². The molecule has 81 heavy (non-hydrogen) atoms. The van der Waals surface area contributed by atoms with Gasteiger partial charge in [-0.15, -0.1) is 0 Å². The molecule has 0 amide bonds. The molecule has 5 aromatic heterocycles. The van der Waals surface area contributed by atoms with Gasteiger partial charge >= 0.3 is 23.2 Å². The predicted molar refractivity (Wildman–Crippen MR) is 310 cm³/mol. The summed E-state index contributed by atoms with van der Waals surface area (Å²) in [5.74, 6) is -1.18. The van der Waals surface area contributed by atoms with Gasteiger partial charge in [0.25, 0.3) is 11.1 Å². The maximum atomic E-state index is 13.1. The van der Waals surface area contributed by atoms with E-state index in [4.69, 9.17) is 83.2 Å². The number of rotatable bonds is 19. The Hall–Kier alpha value is -7.05. The summed E-state index contributed by atoms with van der Waals surface area (Å²) in [4.78, 5) is 97.2. The highest BCUT2D eigenvalue weighted by Gasteiger charge is 2.28. The molecule has 0 aliphatic carbocycles. The molecule has 3 N–H and O–H groups in total. The van der Waals surface area contributed by atoms with Crippen LogP contribution in [0.2, 0.25) is 30.1 Å². The number of aromatic nitrogens is 8. The standard InChI is InChI=1S/C27H24Cl3N5O3S.C27H17Cl3N4O7S/c1-2-4-20(36)14-31-13-17-5-3-10-32-26(17)39-25(16-6-8-18(28)9-7-16)24-21(29)11-19(12-22(24)30)35-27(38)34-23(37)15-33-35;1-13-20(41-27(38)40-13)12-39-25(36)17-3-2-8-31-24(17)42-23(14-4-6-15(28)7-5-14)22-18(29)9-16(10-19(22)30)34-26(37)33-21(35)11-32-34/h3,5-12,15,25,31H,2,4,13-14H2,1H3,(H,34,37,38);2-11,23H,12H2,1H3,(H,33,35,37). The zero-order chi connectivity index (χ0) is 57.9. The fourth-order valence-electron chi connectivity index (χ4n) is 7.77. The Morgan fingerprint density at radius 3 is 1.62 bits per heavy atom. The number of halogens is 6. The van der Waals surface area contributed by atoms with E-state index in [-0.39, 0.29) is 51.8 Å². The van der Waals surface area contributed by atoms with E-state index in [9.17, 15) is 33.6 Å². The highest BCUT2D eigenvalue weighted by Crippen LogP contribution is 2.48. The van der Waals surface area contributed by atoms with Crippen LogP contribution in [-0.2, 0) is 22.7 Å². The van der Waals surface area contributed by atoms with Gasteiger partial charge in [-0.1, -0.05) is 130 Å². The van der Waals surface area contributed by atoms with Gasteiger partial charge in [0.2, 0.25) is 0 Å². The van der Waals surface area contributed by atoms with Crippen LogP contribution >= 0.6 is 93.1 Å². The van der Waals surface area contributed by atoms with Crippen LogP contribution in [0.1, 0.15) is 80.0 Å². The van der Waals surface area contributed by atoms with E-state index in [2.05, 4.69) is 35.5 Å². The Morgan fingerprint density at radius 1 is 0.667 bits per heavy atom. The number of pyridine rings is 2. The lowest BCUT2D eigenvalue weighted by Gasteiger charge is -2.22. The molecule has 416 valence electrons. The highest BCUT2D eigenvalue weighted by molar-refractivity contribution is 8.00. The summed E-state index contributed by atoms with van der Waals surface area (Å²) in [5.41, 5.74) is 1.48. The Bertz CT molecular complexity index is 4030. The third kappa shape index (κ3) is 15.3. The number of benzene rings is 4. The molecule has 4 aromatic carbocycles. The molecule has 2 unspecified atom stereocenters. The number of nitrogens with zero attached hydrogens (tertiary/aromatic N) is 6. The van der Waals surface area contributed by atoms with Gasteiger partial charge in [0.1, 0.15) is 28.2 Å². The third-order valence-electron chi connectivity index (χ3n) is 11.5. The smallest absolute Gasteiger partial charge is 0.454 e. The van der Waals surface area contributed by atoms with Crippen LogP contribution in [0.15, 0.2) is 165 Å². The fraction of sp³-hybridized carbons (Fsp3) is 0.167. The molecule has 5 heterocycles.